The van der Waals surface area contributed by atoms with Crippen molar-refractivity contribution in [2.45, 2.75) is 84.2 Å². The van der Waals surface area contributed by atoms with Gasteiger partial charge in [-0.1, -0.05) is 39.5 Å². The van der Waals surface area contributed by atoms with Gasteiger partial charge in [0.25, 0.3) is 0 Å². The topological polar surface area (TPSA) is 63.6 Å². The van der Waals surface area contributed by atoms with Gasteiger partial charge in [-0.15, -0.1) is 0 Å². The van der Waals surface area contributed by atoms with Crippen LogP contribution in [0.15, 0.2) is 0 Å². The number of esters is 1. The predicted molar refractivity (Wildman–Crippen MR) is 92.4 cm³/mol. The maximum Gasteiger partial charge on any atom is 0.306 e. The number of rotatable bonds is 15. The number of carbonyl (C=O) groups excluding carboxylic acids is 1. The monoisotopic (exact) mass is 332 g/mol. The summed E-state index contributed by atoms with van der Waals surface area (Å²) in [6.07, 6.45) is 9.49. The summed E-state index contributed by atoms with van der Waals surface area (Å²) in [5, 5.41) is 8.54. The van der Waals surface area contributed by atoms with Crippen LogP contribution in [0.2, 0.25) is 0 Å². The van der Waals surface area contributed by atoms with Gasteiger partial charge >= 0.3 is 11.9 Å². The number of carboxylic acid groups (broad SMARTS) is 1. The fourth-order valence-electron chi connectivity index (χ4n) is 2.17. The average Bonchev–Trinajstić information content (AvgIpc) is 2.46. The third-order valence-electron chi connectivity index (χ3n) is 3.47. The first-order chi connectivity index (χ1) is 10.6. The van der Waals surface area contributed by atoms with E-state index >= 15 is 0 Å². The number of thioether (sulfide) groups is 1. The standard InChI is InChI=1S/C17H32O4S/c1-3-5-7-9-15(10-8-6-4-2)21-17(20)12-14-22-13-11-16(18)19/h15H,3-14H2,1-2H3,(H,18,19). The number of ether oxygens (including phenoxy) is 1. The lowest BCUT2D eigenvalue weighted by Gasteiger charge is -2.18. The Bertz CT molecular complexity index is 284. The van der Waals surface area contributed by atoms with Gasteiger partial charge in [0.15, 0.2) is 0 Å². The van der Waals surface area contributed by atoms with E-state index in [2.05, 4.69) is 13.8 Å². The highest BCUT2D eigenvalue weighted by atomic mass is 32.2. The predicted octanol–water partition coefficient (Wildman–Crippen LogP) is 4.66. The molecular weight excluding hydrogens is 300 g/mol. The molecule has 1 N–H and O–H groups in total. The zero-order valence-corrected chi connectivity index (χ0v) is 15.0. The highest BCUT2D eigenvalue weighted by Gasteiger charge is 2.14. The SMILES string of the molecule is CCCCCC(CCCCC)OC(=O)CCSCCC(=O)O. The molecule has 0 saturated carbocycles. The molecule has 0 heterocycles. The van der Waals surface area contributed by atoms with Gasteiger partial charge in [0.2, 0.25) is 0 Å². The van der Waals surface area contributed by atoms with Crippen molar-refractivity contribution < 1.29 is 19.4 Å². The van der Waals surface area contributed by atoms with Gasteiger partial charge in [-0.05, 0) is 25.7 Å². The molecule has 0 spiro atoms. The van der Waals surface area contributed by atoms with E-state index in [0.29, 0.717) is 17.9 Å². The third kappa shape index (κ3) is 14.2. The molecule has 0 rings (SSSR count). The number of carbonyl (C=O) groups is 2. The Balaban J connectivity index is 3.88. The molecule has 0 fully saturated rings. The van der Waals surface area contributed by atoms with Crippen LogP contribution in [0.5, 0.6) is 0 Å². The minimum absolute atomic E-state index is 0.0645. The summed E-state index contributed by atoms with van der Waals surface area (Å²) in [6, 6.07) is 0. The van der Waals surface area contributed by atoms with Crippen molar-refractivity contribution in [2.75, 3.05) is 11.5 Å². The zero-order chi connectivity index (χ0) is 16.6. The smallest absolute Gasteiger partial charge is 0.306 e. The van der Waals surface area contributed by atoms with Crippen LogP contribution in [0.4, 0.5) is 0 Å². The Labute approximate surface area is 139 Å². The summed E-state index contributed by atoms with van der Waals surface area (Å²) in [4.78, 5) is 22.3. The molecule has 0 radical (unpaired) electrons. The quantitative estimate of drug-likeness (QED) is 0.349. The van der Waals surface area contributed by atoms with Gasteiger partial charge in [-0.25, -0.2) is 0 Å². The summed E-state index contributed by atoms with van der Waals surface area (Å²) < 4.78 is 5.60. The van der Waals surface area contributed by atoms with E-state index in [1.807, 2.05) is 0 Å². The molecule has 130 valence electrons. The Morgan fingerprint density at radius 3 is 2.00 bits per heavy atom. The Morgan fingerprint density at radius 2 is 1.50 bits per heavy atom. The molecule has 22 heavy (non-hydrogen) atoms. The molecule has 4 nitrogen and oxygen atoms in total. The second-order valence-electron chi connectivity index (χ2n) is 5.61. The fourth-order valence-corrected chi connectivity index (χ4v) is 3.00. The molecule has 5 heteroatoms. The number of hydrogen-bond donors (Lipinski definition) is 1. The van der Waals surface area contributed by atoms with Gasteiger partial charge in [0.1, 0.15) is 6.10 Å². The van der Waals surface area contributed by atoms with Crippen LogP contribution in [0.1, 0.15) is 78.1 Å². The first-order valence-electron chi connectivity index (χ1n) is 8.59. The summed E-state index contributed by atoms with van der Waals surface area (Å²) >= 11 is 1.50. The molecule has 0 aromatic heterocycles. The van der Waals surface area contributed by atoms with Crippen molar-refractivity contribution in [3.8, 4) is 0 Å². The molecule has 0 aromatic rings. The average molecular weight is 333 g/mol. The van der Waals surface area contributed by atoms with Gasteiger partial charge in [-0.3, -0.25) is 9.59 Å². The van der Waals surface area contributed by atoms with Crippen LogP contribution < -0.4 is 0 Å². The molecule has 0 aliphatic heterocycles. The first kappa shape index (κ1) is 21.3. The lowest BCUT2D eigenvalue weighted by Crippen LogP contribution is -2.19. The van der Waals surface area contributed by atoms with Crippen LogP contribution in [-0.2, 0) is 14.3 Å². The fraction of sp³-hybridized carbons (Fsp3) is 0.882. The van der Waals surface area contributed by atoms with Crippen LogP contribution in [0, 0.1) is 0 Å². The largest absolute Gasteiger partial charge is 0.481 e. The van der Waals surface area contributed by atoms with E-state index in [0.717, 1.165) is 25.7 Å². The minimum atomic E-state index is -0.790. The van der Waals surface area contributed by atoms with Crippen LogP contribution in [-0.4, -0.2) is 34.7 Å². The van der Waals surface area contributed by atoms with Gasteiger partial charge < -0.3 is 9.84 Å². The molecule has 0 unspecified atom stereocenters. The molecule has 0 saturated heterocycles. The Morgan fingerprint density at radius 1 is 0.955 bits per heavy atom. The molecule has 0 aliphatic rings. The Hall–Kier alpha value is -0.710. The molecule has 0 aliphatic carbocycles. The van der Waals surface area contributed by atoms with Crippen molar-refractivity contribution in [3.05, 3.63) is 0 Å². The van der Waals surface area contributed by atoms with E-state index in [4.69, 9.17) is 9.84 Å². The van der Waals surface area contributed by atoms with Crippen molar-refractivity contribution in [1.29, 1.82) is 0 Å². The maximum absolute atomic E-state index is 11.9. The minimum Gasteiger partial charge on any atom is -0.481 e. The third-order valence-corrected chi connectivity index (χ3v) is 4.45. The van der Waals surface area contributed by atoms with E-state index in [-0.39, 0.29) is 18.5 Å². The highest BCUT2D eigenvalue weighted by molar-refractivity contribution is 7.99. The van der Waals surface area contributed by atoms with Gasteiger partial charge in [0.05, 0.1) is 12.8 Å². The zero-order valence-electron chi connectivity index (χ0n) is 14.1. The van der Waals surface area contributed by atoms with Crippen LogP contribution >= 0.6 is 11.8 Å². The summed E-state index contributed by atoms with van der Waals surface area (Å²) in [5.74, 6) is 0.268. The van der Waals surface area contributed by atoms with Crippen molar-refractivity contribution in [2.24, 2.45) is 0 Å². The Kier molecular flexibility index (Phi) is 14.7. The van der Waals surface area contributed by atoms with Gasteiger partial charge in [-0.2, -0.15) is 11.8 Å². The second kappa shape index (κ2) is 15.2. The number of unbranched alkanes of at least 4 members (excludes halogenated alkanes) is 4. The first-order valence-corrected chi connectivity index (χ1v) is 9.74. The molecule has 0 atom stereocenters. The number of carboxylic acids is 1. The molecule has 0 amide bonds. The van der Waals surface area contributed by atoms with E-state index in [1.165, 1.54) is 37.4 Å². The number of hydrogen-bond acceptors (Lipinski definition) is 4. The van der Waals surface area contributed by atoms with Crippen LogP contribution in [0.25, 0.3) is 0 Å². The second-order valence-corrected chi connectivity index (χ2v) is 6.83. The lowest BCUT2D eigenvalue weighted by atomic mass is 10.0. The lowest BCUT2D eigenvalue weighted by molar-refractivity contribution is -0.149. The summed E-state index contributed by atoms with van der Waals surface area (Å²) in [6.45, 7) is 4.35. The molecule has 0 bridgehead atoms. The van der Waals surface area contributed by atoms with Crippen LogP contribution in [0.3, 0.4) is 0 Å². The molecular formula is C17H32O4S. The number of aliphatic carboxylic acids is 1. The molecule has 0 aromatic carbocycles. The van der Waals surface area contributed by atoms with Crippen molar-refractivity contribution >= 4 is 23.7 Å². The van der Waals surface area contributed by atoms with Crippen molar-refractivity contribution in [3.63, 3.8) is 0 Å². The van der Waals surface area contributed by atoms with E-state index in [9.17, 15) is 9.59 Å². The summed E-state index contributed by atoms with van der Waals surface area (Å²) in [7, 11) is 0. The van der Waals surface area contributed by atoms with E-state index < -0.39 is 5.97 Å². The maximum atomic E-state index is 11.9. The van der Waals surface area contributed by atoms with Crippen molar-refractivity contribution in [1.82, 2.24) is 0 Å². The van der Waals surface area contributed by atoms with E-state index in [1.54, 1.807) is 0 Å². The van der Waals surface area contributed by atoms with Gasteiger partial charge in [0, 0.05) is 11.5 Å². The normalized spacial score (nSPS) is 10.9. The summed E-state index contributed by atoms with van der Waals surface area (Å²) in [5.41, 5.74) is 0. The highest BCUT2D eigenvalue weighted by Crippen LogP contribution is 2.16.